The van der Waals surface area contributed by atoms with Gasteiger partial charge >= 0.3 is 12.4 Å². The first-order chi connectivity index (χ1) is 12.7. The van der Waals surface area contributed by atoms with Crippen molar-refractivity contribution in [3.63, 3.8) is 0 Å². The van der Waals surface area contributed by atoms with Gasteiger partial charge in [-0.05, 0) is 24.5 Å². The molecule has 1 aliphatic heterocycles. The van der Waals surface area contributed by atoms with Crippen LogP contribution in [0.4, 0.5) is 19.0 Å². The first-order valence-electron chi connectivity index (χ1n) is 8.65. The van der Waals surface area contributed by atoms with Crippen molar-refractivity contribution in [2.45, 2.75) is 39.8 Å². The number of hydrogen-bond acceptors (Lipinski definition) is 5. The number of anilines is 1. The standard InChI is InChI=1S/C18H22F3N3O3/c1-12(2)7-8-24-15-10-25-11-23(3)16(15)22-17(24)26-13-5-4-6-14(9-13)27-18(19,20)21/h4-6,9,12H,7-8,10-11H2,1-3H3. The fourth-order valence-electron chi connectivity index (χ4n) is 2.78. The Balaban J connectivity index is 1.89. The quantitative estimate of drug-likeness (QED) is 0.731. The lowest BCUT2D eigenvalue weighted by atomic mass is 10.1. The van der Waals surface area contributed by atoms with Gasteiger partial charge in [0.15, 0.2) is 5.82 Å². The molecular weight excluding hydrogens is 363 g/mol. The molecule has 3 rings (SSSR count). The molecule has 0 spiro atoms. The van der Waals surface area contributed by atoms with Crippen LogP contribution in [0.1, 0.15) is 26.0 Å². The molecule has 9 heteroatoms. The summed E-state index contributed by atoms with van der Waals surface area (Å²) in [7, 11) is 1.86. The maximum absolute atomic E-state index is 12.4. The predicted octanol–water partition coefficient (Wildman–Crippen LogP) is 4.54. The number of hydrogen-bond donors (Lipinski definition) is 0. The van der Waals surface area contributed by atoms with Gasteiger partial charge in [-0.25, -0.2) is 0 Å². The topological polar surface area (TPSA) is 48.8 Å². The highest BCUT2D eigenvalue weighted by Crippen LogP contribution is 2.33. The number of fused-ring (bicyclic) bond motifs is 1. The summed E-state index contributed by atoms with van der Waals surface area (Å²) in [5.74, 6) is 1.10. The highest BCUT2D eigenvalue weighted by atomic mass is 19.4. The second-order valence-electron chi connectivity index (χ2n) is 6.80. The van der Waals surface area contributed by atoms with E-state index in [-0.39, 0.29) is 11.5 Å². The summed E-state index contributed by atoms with van der Waals surface area (Å²) in [6, 6.07) is 5.73. The zero-order chi connectivity index (χ0) is 19.6. The molecule has 1 aromatic heterocycles. The van der Waals surface area contributed by atoms with Crippen molar-refractivity contribution in [3.05, 3.63) is 30.0 Å². The van der Waals surface area contributed by atoms with E-state index in [9.17, 15) is 13.2 Å². The maximum Gasteiger partial charge on any atom is 0.573 e. The highest BCUT2D eigenvalue weighted by Gasteiger charge is 2.31. The Morgan fingerprint density at radius 1 is 1.26 bits per heavy atom. The van der Waals surface area contributed by atoms with E-state index in [2.05, 4.69) is 23.6 Å². The van der Waals surface area contributed by atoms with Crippen LogP contribution in [0.25, 0.3) is 0 Å². The molecule has 0 amide bonds. The van der Waals surface area contributed by atoms with Crippen LogP contribution in [0.2, 0.25) is 0 Å². The minimum Gasteiger partial charge on any atom is -0.425 e. The molecule has 0 saturated heterocycles. The molecule has 0 unspecified atom stereocenters. The van der Waals surface area contributed by atoms with Gasteiger partial charge in [0.05, 0.1) is 12.3 Å². The summed E-state index contributed by atoms with van der Waals surface area (Å²) in [5.41, 5.74) is 0.891. The van der Waals surface area contributed by atoms with Crippen LogP contribution in [0.5, 0.6) is 17.5 Å². The summed E-state index contributed by atoms with van der Waals surface area (Å²) in [6.07, 6.45) is -3.85. The van der Waals surface area contributed by atoms with Crippen LogP contribution in [0.15, 0.2) is 24.3 Å². The minimum absolute atomic E-state index is 0.216. The first-order valence-corrected chi connectivity index (χ1v) is 8.65. The van der Waals surface area contributed by atoms with E-state index in [4.69, 9.17) is 9.47 Å². The minimum atomic E-state index is -4.76. The average Bonchev–Trinajstić information content (AvgIpc) is 2.90. The van der Waals surface area contributed by atoms with Crippen molar-refractivity contribution in [1.29, 1.82) is 0 Å². The zero-order valence-electron chi connectivity index (χ0n) is 15.4. The maximum atomic E-state index is 12.4. The van der Waals surface area contributed by atoms with Gasteiger partial charge in [0, 0.05) is 19.7 Å². The van der Waals surface area contributed by atoms with Crippen molar-refractivity contribution in [1.82, 2.24) is 9.55 Å². The smallest absolute Gasteiger partial charge is 0.425 e. The summed E-state index contributed by atoms with van der Waals surface area (Å²) in [6.45, 7) is 5.73. The number of alkyl halides is 3. The lowest BCUT2D eigenvalue weighted by molar-refractivity contribution is -0.274. The largest absolute Gasteiger partial charge is 0.573 e. The third kappa shape index (κ3) is 4.85. The average molecular weight is 385 g/mol. The fraction of sp³-hybridized carbons (Fsp3) is 0.500. The second-order valence-corrected chi connectivity index (χ2v) is 6.80. The first kappa shape index (κ1) is 19.3. The Kier molecular flexibility index (Phi) is 5.50. The molecule has 6 nitrogen and oxygen atoms in total. The van der Waals surface area contributed by atoms with Crippen LogP contribution in [0, 0.1) is 5.92 Å². The molecule has 0 atom stereocenters. The van der Waals surface area contributed by atoms with Crippen LogP contribution in [-0.2, 0) is 17.9 Å². The number of aromatic nitrogens is 2. The lowest BCUT2D eigenvalue weighted by Crippen LogP contribution is -2.27. The van der Waals surface area contributed by atoms with Gasteiger partial charge in [0.25, 0.3) is 0 Å². The van der Waals surface area contributed by atoms with Crippen LogP contribution >= 0.6 is 0 Å². The number of benzene rings is 1. The highest BCUT2D eigenvalue weighted by molar-refractivity contribution is 5.48. The van der Waals surface area contributed by atoms with Crippen LogP contribution < -0.4 is 14.4 Å². The van der Waals surface area contributed by atoms with Gasteiger partial charge < -0.3 is 19.1 Å². The van der Waals surface area contributed by atoms with Gasteiger partial charge in [-0.1, -0.05) is 19.9 Å². The number of halogens is 3. The molecule has 1 aliphatic rings. The van der Waals surface area contributed by atoms with E-state index < -0.39 is 6.36 Å². The number of nitrogens with zero attached hydrogens (tertiary/aromatic N) is 3. The number of imidazole rings is 1. The van der Waals surface area contributed by atoms with E-state index in [1.165, 1.54) is 18.2 Å². The van der Waals surface area contributed by atoms with Crippen LogP contribution in [-0.4, -0.2) is 29.7 Å². The van der Waals surface area contributed by atoms with Gasteiger partial charge in [-0.3, -0.25) is 4.57 Å². The van der Waals surface area contributed by atoms with Crippen molar-refractivity contribution in [2.75, 3.05) is 18.7 Å². The van der Waals surface area contributed by atoms with Crippen LogP contribution in [0.3, 0.4) is 0 Å². The van der Waals surface area contributed by atoms with Gasteiger partial charge in [0.2, 0.25) is 0 Å². The van der Waals surface area contributed by atoms with Crippen molar-refractivity contribution in [2.24, 2.45) is 5.92 Å². The van der Waals surface area contributed by atoms with E-state index in [0.29, 0.717) is 31.8 Å². The molecule has 0 fully saturated rings. The molecule has 0 bridgehead atoms. The number of rotatable bonds is 6. The molecule has 0 N–H and O–H groups in total. The molecule has 0 saturated carbocycles. The molecule has 0 aliphatic carbocycles. The third-order valence-corrected chi connectivity index (χ3v) is 4.08. The predicted molar refractivity (Wildman–Crippen MR) is 92.9 cm³/mol. The molecule has 0 radical (unpaired) electrons. The molecular formula is C18H22F3N3O3. The van der Waals surface area contributed by atoms with E-state index in [1.807, 2.05) is 16.5 Å². The van der Waals surface area contributed by atoms with E-state index in [0.717, 1.165) is 17.9 Å². The monoisotopic (exact) mass is 385 g/mol. The molecule has 27 heavy (non-hydrogen) atoms. The Morgan fingerprint density at radius 2 is 2.00 bits per heavy atom. The normalized spacial score (nSPS) is 14.4. The summed E-state index contributed by atoms with van der Waals surface area (Å²) in [4.78, 5) is 6.39. The van der Waals surface area contributed by atoms with E-state index in [1.54, 1.807) is 6.07 Å². The Labute approximate surface area is 155 Å². The molecule has 2 heterocycles. The Hall–Kier alpha value is -2.42. The summed E-state index contributed by atoms with van der Waals surface area (Å²) >= 11 is 0. The molecule has 148 valence electrons. The van der Waals surface area contributed by atoms with Crippen molar-refractivity contribution >= 4 is 5.82 Å². The van der Waals surface area contributed by atoms with Gasteiger partial charge in [-0.2, -0.15) is 4.98 Å². The summed E-state index contributed by atoms with van der Waals surface area (Å²) in [5, 5.41) is 0. The Morgan fingerprint density at radius 3 is 2.70 bits per heavy atom. The van der Waals surface area contributed by atoms with Crippen molar-refractivity contribution < 1.29 is 27.4 Å². The second kappa shape index (κ2) is 7.67. The zero-order valence-corrected chi connectivity index (χ0v) is 15.4. The lowest BCUT2D eigenvalue weighted by Gasteiger charge is -2.24. The molecule has 1 aromatic carbocycles. The van der Waals surface area contributed by atoms with Gasteiger partial charge in [0.1, 0.15) is 18.2 Å². The summed E-state index contributed by atoms with van der Waals surface area (Å²) < 4.78 is 54.6. The SMILES string of the molecule is CC(C)CCn1c(Oc2cccc(OC(F)(F)F)c2)nc2c1COCN2C. The Bertz CT molecular complexity index is 790. The van der Waals surface area contributed by atoms with Gasteiger partial charge in [-0.15, -0.1) is 13.2 Å². The fourth-order valence-corrected chi connectivity index (χ4v) is 2.78. The molecule has 2 aromatic rings. The third-order valence-electron chi connectivity index (χ3n) is 4.08. The number of ether oxygens (including phenoxy) is 3. The van der Waals surface area contributed by atoms with Crippen molar-refractivity contribution in [3.8, 4) is 17.5 Å². The van der Waals surface area contributed by atoms with E-state index >= 15 is 0 Å².